The molecule has 94 valence electrons. The Hall–Kier alpha value is -0.610. The van der Waals surface area contributed by atoms with E-state index in [0.717, 1.165) is 32.6 Å². The van der Waals surface area contributed by atoms with Crippen LogP contribution in [0.1, 0.15) is 27.2 Å². The molecule has 0 aliphatic carbocycles. The lowest BCUT2D eigenvalue weighted by Crippen LogP contribution is -2.40. The minimum atomic E-state index is 0.244. The van der Waals surface area contributed by atoms with E-state index in [2.05, 4.69) is 11.8 Å². The molecule has 1 aliphatic rings. The van der Waals surface area contributed by atoms with Crippen LogP contribution in [0.25, 0.3) is 0 Å². The fraction of sp³-hybridized carbons (Fsp3) is 0.917. The van der Waals surface area contributed by atoms with Gasteiger partial charge >= 0.3 is 0 Å². The van der Waals surface area contributed by atoms with E-state index in [1.807, 2.05) is 18.7 Å². The summed E-state index contributed by atoms with van der Waals surface area (Å²) in [7, 11) is 0. The molecule has 1 heterocycles. The molecule has 0 aromatic heterocycles. The van der Waals surface area contributed by atoms with Crippen LogP contribution in [0.2, 0.25) is 0 Å². The van der Waals surface area contributed by atoms with Gasteiger partial charge in [-0.2, -0.15) is 0 Å². The molecule has 4 nitrogen and oxygen atoms in total. The van der Waals surface area contributed by atoms with Crippen LogP contribution in [0, 0.1) is 5.92 Å². The number of rotatable bonds is 5. The van der Waals surface area contributed by atoms with Crippen LogP contribution in [-0.2, 0) is 4.79 Å². The summed E-state index contributed by atoms with van der Waals surface area (Å²) >= 11 is 0. The Kier molecular flexibility index (Phi) is 5.22. The molecule has 16 heavy (non-hydrogen) atoms. The van der Waals surface area contributed by atoms with Gasteiger partial charge in [0.2, 0.25) is 5.91 Å². The van der Waals surface area contributed by atoms with Gasteiger partial charge in [0.25, 0.3) is 0 Å². The molecule has 0 spiro atoms. The highest BCUT2D eigenvalue weighted by molar-refractivity contribution is 5.78. The van der Waals surface area contributed by atoms with Crippen LogP contribution in [0.5, 0.6) is 0 Å². The molecule has 0 aromatic carbocycles. The van der Waals surface area contributed by atoms with Gasteiger partial charge in [0, 0.05) is 25.7 Å². The molecule has 1 fully saturated rings. The first-order valence-electron chi connectivity index (χ1n) is 6.34. The van der Waals surface area contributed by atoms with Crippen molar-refractivity contribution in [2.75, 3.05) is 32.7 Å². The Morgan fingerprint density at radius 1 is 1.50 bits per heavy atom. The maximum absolute atomic E-state index is 11.9. The number of nitrogens with zero attached hydrogens (tertiary/aromatic N) is 2. The number of hydrogen-bond donors (Lipinski definition) is 1. The molecule has 0 bridgehead atoms. The van der Waals surface area contributed by atoms with Gasteiger partial charge in [-0.25, -0.2) is 0 Å². The van der Waals surface area contributed by atoms with E-state index in [1.165, 1.54) is 0 Å². The summed E-state index contributed by atoms with van der Waals surface area (Å²) in [5.74, 6) is 0.805. The van der Waals surface area contributed by atoms with Crippen LogP contribution in [0.3, 0.4) is 0 Å². The lowest BCUT2D eigenvalue weighted by Gasteiger charge is -2.23. The van der Waals surface area contributed by atoms with Crippen molar-refractivity contribution in [3.8, 4) is 0 Å². The second-order valence-electron chi connectivity index (χ2n) is 4.71. The summed E-state index contributed by atoms with van der Waals surface area (Å²) in [6.07, 6.45) is 1.13. The van der Waals surface area contributed by atoms with Gasteiger partial charge in [0.15, 0.2) is 0 Å². The molecule has 0 aromatic rings. The monoisotopic (exact) mass is 227 g/mol. The van der Waals surface area contributed by atoms with Crippen LogP contribution >= 0.6 is 0 Å². The molecule has 4 heteroatoms. The largest absolute Gasteiger partial charge is 0.342 e. The van der Waals surface area contributed by atoms with Crippen molar-refractivity contribution in [3.63, 3.8) is 0 Å². The van der Waals surface area contributed by atoms with E-state index in [9.17, 15) is 4.79 Å². The van der Waals surface area contributed by atoms with E-state index < -0.39 is 0 Å². The van der Waals surface area contributed by atoms with E-state index >= 15 is 0 Å². The predicted octanol–water partition coefficient (Wildman–Crippen LogP) is 0.524. The van der Waals surface area contributed by atoms with Gasteiger partial charge in [-0.1, -0.05) is 0 Å². The van der Waals surface area contributed by atoms with Crippen LogP contribution in [0.15, 0.2) is 0 Å². The van der Waals surface area contributed by atoms with E-state index in [1.54, 1.807) is 0 Å². The average Bonchev–Trinajstić information content (AvgIpc) is 2.68. The molecule has 0 saturated carbocycles. The first-order chi connectivity index (χ1) is 7.58. The third-order valence-electron chi connectivity index (χ3n) is 3.53. The Bertz CT molecular complexity index is 226. The zero-order valence-electron chi connectivity index (χ0n) is 10.8. The fourth-order valence-corrected chi connectivity index (χ4v) is 2.30. The minimum Gasteiger partial charge on any atom is -0.342 e. The van der Waals surface area contributed by atoms with Crippen molar-refractivity contribution >= 4 is 5.91 Å². The Labute approximate surface area is 98.8 Å². The third kappa shape index (κ3) is 3.46. The normalized spacial score (nSPS) is 23.4. The number of likely N-dealkylation sites (N-methyl/N-ethyl adjacent to an activating group) is 1. The number of carbonyl (C=O) groups excluding carboxylic acids is 1. The number of likely N-dealkylation sites (tertiary alicyclic amines) is 1. The number of nitrogens with two attached hydrogens (primary N) is 1. The van der Waals surface area contributed by atoms with Crippen molar-refractivity contribution in [2.45, 2.75) is 33.2 Å². The van der Waals surface area contributed by atoms with Gasteiger partial charge in [-0.05, 0) is 39.7 Å². The van der Waals surface area contributed by atoms with Crippen molar-refractivity contribution < 1.29 is 4.79 Å². The maximum atomic E-state index is 11.9. The second kappa shape index (κ2) is 6.21. The third-order valence-corrected chi connectivity index (χ3v) is 3.53. The van der Waals surface area contributed by atoms with Gasteiger partial charge < -0.3 is 10.6 Å². The summed E-state index contributed by atoms with van der Waals surface area (Å²) in [6.45, 7) is 10.3. The van der Waals surface area contributed by atoms with Gasteiger partial charge in [0.05, 0.1) is 6.54 Å². The van der Waals surface area contributed by atoms with Crippen LogP contribution in [0.4, 0.5) is 0 Å². The number of hydrogen-bond acceptors (Lipinski definition) is 3. The lowest BCUT2D eigenvalue weighted by atomic mass is 10.0. The zero-order chi connectivity index (χ0) is 12.1. The van der Waals surface area contributed by atoms with Crippen molar-refractivity contribution in [1.29, 1.82) is 0 Å². The standard InChI is InChI=1S/C12H25N3O/c1-4-15(5-2)12(16)9-14-7-6-11(8-14)10(3)13/h10-11H,4-9,13H2,1-3H3. The molecular formula is C12H25N3O. The number of amides is 1. The fourth-order valence-electron chi connectivity index (χ4n) is 2.30. The highest BCUT2D eigenvalue weighted by Crippen LogP contribution is 2.18. The minimum absolute atomic E-state index is 0.244. The summed E-state index contributed by atoms with van der Waals surface area (Å²) < 4.78 is 0. The van der Waals surface area contributed by atoms with Crippen molar-refractivity contribution in [1.82, 2.24) is 9.80 Å². The summed E-state index contributed by atoms with van der Waals surface area (Å²) in [6, 6.07) is 0.244. The highest BCUT2D eigenvalue weighted by Gasteiger charge is 2.27. The lowest BCUT2D eigenvalue weighted by molar-refractivity contribution is -0.131. The maximum Gasteiger partial charge on any atom is 0.236 e. The second-order valence-corrected chi connectivity index (χ2v) is 4.71. The van der Waals surface area contributed by atoms with E-state index in [-0.39, 0.29) is 11.9 Å². The van der Waals surface area contributed by atoms with Crippen LogP contribution in [-0.4, -0.2) is 54.5 Å². The number of carbonyl (C=O) groups is 1. The quantitative estimate of drug-likeness (QED) is 0.745. The topological polar surface area (TPSA) is 49.6 Å². The molecule has 2 atom stereocenters. The summed E-state index contributed by atoms with van der Waals surface area (Å²) in [5, 5.41) is 0. The summed E-state index contributed by atoms with van der Waals surface area (Å²) in [4.78, 5) is 16.0. The molecule has 1 saturated heterocycles. The molecule has 2 N–H and O–H groups in total. The molecule has 1 rings (SSSR count). The SMILES string of the molecule is CCN(CC)C(=O)CN1CCC(C(C)N)C1. The Morgan fingerprint density at radius 2 is 2.12 bits per heavy atom. The van der Waals surface area contributed by atoms with E-state index in [0.29, 0.717) is 12.5 Å². The van der Waals surface area contributed by atoms with E-state index in [4.69, 9.17) is 5.73 Å². The average molecular weight is 227 g/mol. The van der Waals surface area contributed by atoms with Gasteiger partial charge in [-0.3, -0.25) is 9.69 Å². The first kappa shape index (κ1) is 13.5. The predicted molar refractivity (Wildman–Crippen MR) is 66.1 cm³/mol. The zero-order valence-corrected chi connectivity index (χ0v) is 10.8. The molecule has 2 unspecified atom stereocenters. The molecular weight excluding hydrogens is 202 g/mol. The highest BCUT2D eigenvalue weighted by atomic mass is 16.2. The Morgan fingerprint density at radius 3 is 2.56 bits per heavy atom. The van der Waals surface area contributed by atoms with Gasteiger partial charge in [-0.15, -0.1) is 0 Å². The van der Waals surface area contributed by atoms with Crippen molar-refractivity contribution in [2.24, 2.45) is 11.7 Å². The smallest absolute Gasteiger partial charge is 0.236 e. The van der Waals surface area contributed by atoms with Gasteiger partial charge in [0.1, 0.15) is 0 Å². The molecule has 1 aliphatic heterocycles. The summed E-state index contributed by atoms with van der Waals surface area (Å²) in [5.41, 5.74) is 5.88. The molecule has 0 radical (unpaired) electrons. The van der Waals surface area contributed by atoms with Crippen LogP contribution < -0.4 is 5.73 Å². The van der Waals surface area contributed by atoms with Crippen molar-refractivity contribution in [3.05, 3.63) is 0 Å². The Balaban J connectivity index is 2.36. The first-order valence-corrected chi connectivity index (χ1v) is 6.34. The molecule has 1 amide bonds.